The van der Waals surface area contributed by atoms with Crippen LogP contribution in [-0.2, 0) is 13.0 Å². The van der Waals surface area contributed by atoms with Gasteiger partial charge in [0.15, 0.2) is 11.5 Å². The number of aryl methyl sites for hydroxylation is 1. The zero-order chi connectivity index (χ0) is 20.6. The minimum atomic E-state index is -0.187. The van der Waals surface area contributed by atoms with Gasteiger partial charge in [-0.1, -0.05) is 31.2 Å². The van der Waals surface area contributed by atoms with Gasteiger partial charge in [0.25, 0.3) is 5.91 Å². The smallest absolute Gasteiger partial charge is 0.257 e. The van der Waals surface area contributed by atoms with Crippen molar-refractivity contribution in [3.05, 3.63) is 77.6 Å². The molecule has 0 unspecified atom stereocenters. The predicted octanol–water partition coefficient (Wildman–Crippen LogP) is 4.53. The van der Waals surface area contributed by atoms with E-state index in [1.54, 1.807) is 32.7 Å². The highest BCUT2D eigenvalue weighted by molar-refractivity contribution is 6.04. The number of anilines is 2. The second-order valence-corrected chi connectivity index (χ2v) is 6.47. The number of benzene rings is 2. The predicted molar refractivity (Wildman–Crippen MR) is 115 cm³/mol. The third-order valence-corrected chi connectivity index (χ3v) is 4.59. The number of hydrogen-bond acceptors (Lipinski definition) is 5. The first-order valence-corrected chi connectivity index (χ1v) is 9.43. The molecule has 29 heavy (non-hydrogen) atoms. The highest BCUT2D eigenvalue weighted by Gasteiger charge is 2.10. The van der Waals surface area contributed by atoms with Gasteiger partial charge in [0.05, 0.1) is 25.5 Å². The molecule has 0 saturated carbocycles. The summed E-state index contributed by atoms with van der Waals surface area (Å²) >= 11 is 0. The van der Waals surface area contributed by atoms with Gasteiger partial charge in [-0.05, 0) is 41.8 Å². The summed E-state index contributed by atoms with van der Waals surface area (Å²) in [4.78, 5) is 16.8. The number of aromatic nitrogens is 1. The average molecular weight is 391 g/mol. The van der Waals surface area contributed by atoms with Crippen molar-refractivity contribution >= 4 is 17.3 Å². The Morgan fingerprint density at radius 1 is 1.00 bits per heavy atom. The summed E-state index contributed by atoms with van der Waals surface area (Å²) in [6.45, 7) is 2.62. The number of para-hydroxylation sites is 1. The molecular weight excluding hydrogens is 366 g/mol. The van der Waals surface area contributed by atoms with E-state index < -0.39 is 0 Å². The molecule has 2 aromatic carbocycles. The molecule has 2 N–H and O–H groups in total. The number of pyridine rings is 1. The maximum Gasteiger partial charge on any atom is 0.257 e. The molecule has 0 aliphatic carbocycles. The monoisotopic (exact) mass is 391 g/mol. The Labute approximate surface area is 170 Å². The van der Waals surface area contributed by atoms with Gasteiger partial charge < -0.3 is 20.1 Å². The van der Waals surface area contributed by atoms with Crippen LogP contribution in [-0.4, -0.2) is 25.1 Å². The molecule has 3 rings (SSSR count). The molecule has 0 fully saturated rings. The van der Waals surface area contributed by atoms with Crippen molar-refractivity contribution in [3.63, 3.8) is 0 Å². The third kappa shape index (κ3) is 5.04. The van der Waals surface area contributed by atoms with Crippen LogP contribution in [0.4, 0.5) is 11.4 Å². The summed E-state index contributed by atoms with van der Waals surface area (Å²) in [7, 11) is 3.22. The van der Waals surface area contributed by atoms with Gasteiger partial charge in [-0.2, -0.15) is 0 Å². The first-order chi connectivity index (χ1) is 14.1. The molecule has 0 saturated heterocycles. The number of carbonyl (C=O) groups excluding carboxylic acids is 1. The first kappa shape index (κ1) is 20.2. The van der Waals surface area contributed by atoms with E-state index in [9.17, 15) is 4.79 Å². The molecule has 3 aromatic rings. The fourth-order valence-electron chi connectivity index (χ4n) is 3.00. The van der Waals surface area contributed by atoms with Crippen molar-refractivity contribution in [1.29, 1.82) is 0 Å². The van der Waals surface area contributed by atoms with E-state index in [0.29, 0.717) is 23.6 Å². The molecule has 0 radical (unpaired) electrons. The topological polar surface area (TPSA) is 72.5 Å². The van der Waals surface area contributed by atoms with Crippen molar-refractivity contribution in [1.82, 2.24) is 4.98 Å². The van der Waals surface area contributed by atoms with Gasteiger partial charge in [-0.15, -0.1) is 0 Å². The number of nitrogens with zero attached hydrogens (tertiary/aromatic N) is 1. The van der Waals surface area contributed by atoms with Crippen molar-refractivity contribution < 1.29 is 14.3 Å². The molecule has 6 heteroatoms. The van der Waals surface area contributed by atoms with Gasteiger partial charge in [0.1, 0.15) is 0 Å². The fraction of sp³-hybridized carbons (Fsp3) is 0.217. The summed E-state index contributed by atoms with van der Waals surface area (Å²) < 4.78 is 10.6. The number of amides is 1. The lowest BCUT2D eigenvalue weighted by Gasteiger charge is -2.12. The molecule has 150 valence electrons. The number of hydrogen-bond donors (Lipinski definition) is 2. The number of methoxy groups -OCH3 is 2. The zero-order valence-corrected chi connectivity index (χ0v) is 16.9. The quantitative estimate of drug-likeness (QED) is 0.590. The van der Waals surface area contributed by atoms with Crippen molar-refractivity contribution in [2.24, 2.45) is 0 Å². The van der Waals surface area contributed by atoms with Crippen molar-refractivity contribution in [3.8, 4) is 11.5 Å². The van der Waals surface area contributed by atoms with Gasteiger partial charge >= 0.3 is 0 Å². The fourth-order valence-corrected chi connectivity index (χ4v) is 3.00. The molecule has 1 heterocycles. The number of rotatable bonds is 8. The summed E-state index contributed by atoms with van der Waals surface area (Å²) in [5, 5.41) is 6.26. The largest absolute Gasteiger partial charge is 0.493 e. The number of carbonyl (C=O) groups is 1. The SMILES string of the molecule is CCc1ccccc1NC(=O)c1cncc(NCc2ccc(OC)c(OC)c2)c1. The summed E-state index contributed by atoms with van der Waals surface area (Å²) in [6, 6.07) is 15.3. The number of ether oxygens (including phenoxy) is 2. The Kier molecular flexibility index (Phi) is 6.68. The van der Waals surface area contributed by atoms with Crippen LogP contribution >= 0.6 is 0 Å². The van der Waals surface area contributed by atoms with E-state index in [1.807, 2.05) is 42.5 Å². The van der Waals surface area contributed by atoms with Gasteiger partial charge in [-0.3, -0.25) is 9.78 Å². The van der Waals surface area contributed by atoms with Gasteiger partial charge in [0.2, 0.25) is 0 Å². The maximum absolute atomic E-state index is 12.7. The lowest BCUT2D eigenvalue weighted by atomic mass is 10.1. The van der Waals surface area contributed by atoms with Crippen LogP contribution in [0.2, 0.25) is 0 Å². The molecule has 0 bridgehead atoms. The van der Waals surface area contributed by atoms with Gasteiger partial charge in [-0.25, -0.2) is 0 Å². The minimum Gasteiger partial charge on any atom is -0.493 e. The van der Waals surface area contributed by atoms with E-state index >= 15 is 0 Å². The summed E-state index contributed by atoms with van der Waals surface area (Å²) in [6.07, 6.45) is 4.10. The second-order valence-electron chi connectivity index (χ2n) is 6.47. The van der Waals surface area contributed by atoms with Crippen LogP contribution in [0.5, 0.6) is 11.5 Å². The Morgan fingerprint density at radius 2 is 1.79 bits per heavy atom. The molecule has 0 spiro atoms. The van der Waals surface area contributed by atoms with E-state index in [-0.39, 0.29) is 5.91 Å². The van der Waals surface area contributed by atoms with Crippen molar-refractivity contribution in [2.45, 2.75) is 19.9 Å². The van der Waals surface area contributed by atoms with Crippen molar-refractivity contribution in [2.75, 3.05) is 24.9 Å². The van der Waals surface area contributed by atoms with E-state index in [2.05, 4.69) is 22.5 Å². The standard InChI is InChI=1S/C23H25N3O3/c1-4-17-7-5-6-8-20(17)26-23(27)18-12-19(15-24-14-18)25-13-16-9-10-21(28-2)22(11-16)29-3/h5-12,14-15,25H,4,13H2,1-3H3,(H,26,27). The lowest BCUT2D eigenvalue weighted by molar-refractivity contribution is 0.102. The van der Waals surface area contributed by atoms with E-state index in [1.165, 1.54) is 0 Å². The molecular formula is C23H25N3O3. The summed E-state index contributed by atoms with van der Waals surface area (Å²) in [5.74, 6) is 1.17. The second kappa shape index (κ2) is 9.59. The zero-order valence-electron chi connectivity index (χ0n) is 16.9. The first-order valence-electron chi connectivity index (χ1n) is 9.43. The van der Waals surface area contributed by atoms with Crippen LogP contribution in [0.1, 0.15) is 28.4 Å². The summed E-state index contributed by atoms with van der Waals surface area (Å²) in [5.41, 5.74) is 4.19. The normalized spacial score (nSPS) is 10.3. The molecule has 1 aromatic heterocycles. The van der Waals surface area contributed by atoms with Crippen LogP contribution < -0.4 is 20.1 Å². The Balaban J connectivity index is 1.68. The minimum absolute atomic E-state index is 0.187. The molecule has 0 aliphatic heterocycles. The van der Waals surface area contributed by atoms with Crippen LogP contribution in [0.3, 0.4) is 0 Å². The highest BCUT2D eigenvalue weighted by atomic mass is 16.5. The third-order valence-electron chi connectivity index (χ3n) is 4.59. The lowest BCUT2D eigenvalue weighted by Crippen LogP contribution is -2.14. The molecule has 1 amide bonds. The van der Waals surface area contributed by atoms with Crippen LogP contribution in [0.25, 0.3) is 0 Å². The van der Waals surface area contributed by atoms with E-state index in [4.69, 9.17) is 9.47 Å². The van der Waals surface area contributed by atoms with Gasteiger partial charge in [0, 0.05) is 24.6 Å². The Bertz CT molecular complexity index is 989. The number of nitrogens with one attached hydrogen (secondary N) is 2. The van der Waals surface area contributed by atoms with E-state index in [0.717, 1.165) is 28.9 Å². The maximum atomic E-state index is 12.7. The Hall–Kier alpha value is -3.54. The Morgan fingerprint density at radius 3 is 2.55 bits per heavy atom. The van der Waals surface area contributed by atoms with Crippen LogP contribution in [0, 0.1) is 0 Å². The molecule has 0 aliphatic rings. The highest BCUT2D eigenvalue weighted by Crippen LogP contribution is 2.28. The molecule has 6 nitrogen and oxygen atoms in total. The van der Waals surface area contributed by atoms with Crippen LogP contribution in [0.15, 0.2) is 60.9 Å². The molecule has 0 atom stereocenters. The average Bonchev–Trinajstić information content (AvgIpc) is 2.78.